The van der Waals surface area contributed by atoms with Gasteiger partial charge in [-0.3, -0.25) is 4.98 Å². The Hall–Kier alpha value is -0.450. The molecule has 1 rings (SSSR count). The van der Waals surface area contributed by atoms with Crippen LogP contribution in [0.15, 0.2) is 22.9 Å². The molecule has 3 nitrogen and oxygen atoms in total. The summed E-state index contributed by atoms with van der Waals surface area (Å²) >= 11 is 3.41. The molecule has 0 aliphatic heterocycles. The lowest BCUT2D eigenvalue weighted by Crippen LogP contribution is -2.30. The first-order valence-corrected chi connectivity index (χ1v) is 5.81. The van der Waals surface area contributed by atoms with E-state index in [0.717, 1.165) is 23.9 Å². The van der Waals surface area contributed by atoms with E-state index in [1.165, 1.54) is 5.56 Å². The van der Waals surface area contributed by atoms with Crippen molar-refractivity contribution < 1.29 is 4.74 Å². The second-order valence-corrected chi connectivity index (χ2v) is 4.41. The van der Waals surface area contributed by atoms with Gasteiger partial charge in [0.25, 0.3) is 0 Å². The van der Waals surface area contributed by atoms with Gasteiger partial charge in [0.2, 0.25) is 0 Å². The van der Waals surface area contributed by atoms with Crippen LogP contribution in [0.1, 0.15) is 12.0 Å². The van der Waals surface area contributed by atoms with Crippen molar-refractivity contribution in [2.45, 2.75) is 18.9 Å². The summed E-state index contributed by atoms with van der Waals surface area (Å²) in [6.07, 6.45) is 5.78. The van der Waals surface area contributed by atoms with E-state index >= 15 is 0 Å². The van der Waals surface area contributed by atoms with Crippen LogP contribution in [0.2, 0.25) is 0 Å². The van der Waals surface area contributed by atoms with Crippen molar-refractivity contribution >= 4 is 15.9 Å². The Balaban J connectivity index is 2.41. The monoisotopic (exact) mass is 272 g/mol. The van der Waals surface area contributed by atoms with Crippen LogP contribution >= 0.6 is 15.9 Å². The number of likely N-dealkylation sites (N-methyl/N-ethyl adjacent to an activating group) is 1. The number of halogens is 1. The molecule has 1 aromatic heterocycles. The number of nitrogens with zero attached hydrogens (tertiary/aromatic N) is 1. The third-order valence-electron chi connectivity index (χ3n) is 2.32. The van der Waals surface area contributed by atoms with Crippen LogP contribution in [0.3, 0.4) is 0 Å². The van der Waals surface area contributed by atoms with Crippen molar-refractivity contribution in [1.82, 2.24) is 10.3 Å². The Morgan fingerprint density at radius 1 is 1.53 bits per heavy atom. The van der Waals surface area contributed by atoms with Gasteiger partial charge < -0.3 is 10.1 Å². The maximum Gasteiger partial charge on any atom is 0.0615 e. The molecule has 0 spiro atoms. The molecule has 15 heavy (non-hydrogen) atoms. The third-order valence-corrected chi connectivity index (χ3v) is 2.75. The van der Waals surface area contributed by atoms with E-state index in [2.05, 4.69) is 32.3 Å². The van der Waals surface area contributed by atoms with Crippen LogP contribution in [0.25, 0.3) is 0 Å². The first kappa shape index (κ1) is 12.6. The van der Waals surface area contributed by atoms with Crippen LogP contribution in [0.4, 0.5) is 0 Å². The molecule has 1 aromatic rings. The minimum atomic E-state index is 0.411. The van der Waals surface area contributed by atoms with Gasteiger partial charge in [0.05, 0.1) is 6.61 Å². The van der Waals surface area contributed by atoms with Gasteiger partial charge >= 0.3 is 0 Å². The van der Waals surface area contributed by atoms with Crippen LogP contribution in [0.5, 0.6) is 0 Å². The Kier molecular flexibility index (Phi) is 5.83. The zero-order valence-corrected chi connectivity index (χ0v) is 10.8. The van der Waals surface area contributed by atoms with Gasteiger partial charge in [0.15, 0.2) is 0 Å². The normalized spacial score (nSPS) is 12.7. The Labute approximate surface area is 99.4 Å². The molecule has 0 amide bonds. The number of pyridine rings is 1. The van der Waals surface area contributed by atoms with Crippen LogP contribution < -0.4 is 5.32 Å². The average molecular weight is 273 g/mol. The van der Waals surface area contributed by atoms with Crippen molar-refractivity contribution in [3.05, 3.63) is 28.5 Å². The lowest BCUT2D eigenvalue weighted by Gasteiger charge is -2.14. The van der Waals surface area contributed by atoms with E-state index in [9.17, 15) is 0 Å². The molecule has 1 heterocycles. The van der Waals surface area contributed by atoms with E-state index in [4.69, 9.17) is 4.74 Å². The summed E-state index contributed by atoms with van der Waals surface area (Å²) in [4.78, 5) is 4.14. The van der Waals surface area contributed by atoms with Gasteiger partial charge in [-0.25, -0.2) is 0 Å². The van der Waals surface area contributed by atoms with Gasteiger partial charge in [-0.05, 0) is 47.4 Å². The SMILES string of the molecule is CNC(CCc1cncc(Br)c1)COC. The summed E-state index contributed by atoms with van der Waals surface area (Å²) in [5, 5.41) is 3.23. The second kappa shape index (κ2) is 6.93. The lowest BCUT2D eigenvalue weighted by atomic mass is 10.1. The fourth-order valence-electron chi connectivity index (χ4n) is 1.45. The third kappa shape index (κ3) is 4.73. The summed E-state index contributed by atoms with van der Waals surface area (Å²) in [7, 11) is 3.69. The zero-order chi connectivity index (χ0) is 11.1. The van der Waals surface area contributed by atoms with Crippen LogP contribution in [-0.2, 0) is 11.2 Å². The largest absolute Gasteiger partial charge is 0.383 e. The molecule has 0 fully saturated rings. The topological polar surface area (TPSA) is 34.2 Å². The number of methoxy groups -OCH3 is 1. The van der Waals surface area contributed by atoms with E-state index in [1.54, 1.807) is 13.3 Å². The first-order valence-electron chi connectivity index (χ1n) is 5.02. The highest BCUT2D eigenvalue weighted by Gasteiger charge is 2.05. The number of hydrogen-bond donors (Lipinski definition) is 1. The molecule has 1 atom stereocenters. The molecule has 0 aliphatic carbocycles. The Morgan fingerprint density at radius 2 is 2.33 bits per heavy atom. The number of aromatic nitrogens is 1. The van der Waals surface area contributed by atoms with Gasteiger partial charge in [0.1, 0.15) is 0 Å². The van der Waals surface area contributed by atoms with E-state index in [0.29, 0.717) is 6.04 Å². The number of aryl methyl sites for hydroxylation is 1. The molecule has 0 bridgehead atoms. The molecule has 0 saturated heterocycles. The van der Waals surface area contributed by atoms with Crippen LogP contribution in [0, 0.1) is 0 Å². The molecule has 1 N–H and O–H groups in total. The molecule has 4 heteroatoms. The second-order valence-electron chi connectivity index (χ2n) is 3.49. The maximum atomic E-state index is 5.12. The smallest absolute Gasteiger partial charge is 0.0615 e. The lowest BCUT2D eigenvalue weighted by molar-refractivity contribution is 0.166. The first-order chi connectivity index (χ1) is 7.26. The quantitative estimate of drug-likeness (QED) is 0.861. The highest BCUT2D eigenvalue weighted by molar-refractivity contribution is 9.10. The molecule has 1 unspecified atom stereocenters. The van der Waals surface area contributed by atoms with Crippen molar-refractivity contribution in [2.24, 2.45) is 0 Å². The number of rotatable bonds is 6. The summed E-state index contributed by atoms with van der Waals surface area (Å²) in [6, 6.07) is 2.51. The van der Waals surface area contributed by atoms with Gasteiger partial charge in [0, 0.05) is 30.0 Å². The molecule has 84 valence electrons. The van der Waals surface area contributed by atoms with Crippen molar-refractivity contribution in [3.63, 3.8) is 0 Å². The minimum absolute atomic E-state index is 0.411. The highest BCUT2D eigenvalue weighted by atomic mass is 79.9. The zero-order valence-electron chi connectivity index (χ0n) is 9.16. The molecule has 0 aliphatic rings. The Morgan fingerprint density at radius 3 is 2.93 bits per heavy atom. The van der Waals surface area contributed by atoms with Crippen LogP contribution in [-0.4, -0.2) is 31.8 Å². The van der Waals surface area contributed by atoms with E-state index in [1.807, 2.05) is 13.2 Å². The fraction of sp³-hybridized carbons (Fsp3) is 0.545. The molecule has 0 saturated carbocycles. The number of hydrogen-bond acceptors (Lipinski definition) is 3. The number of nitrogens with one attached hydrogen (secondary N) is 1. The molecular formula is C11H17BrN2O. The van der Waals surface area contributed by atoms with Crippen molar-refractivity contribution in [3.8, 4) is 0 Å². The summed E-state index contributed by atoms with van der Waals surface area (Å²) in [6.45, 7) is 0.748. The molecular weight excluding hydrogens is 256 g/mol. The van der Waals surface area contributed by atoms with Gasteiger partial charge in [-0.15, -0.1) is 0 Å². The molecule has 0 radical (unpaired) electrons. The van der Waals surface area contributed by atoms with E-state index in [-0.39, 0.29) is 0 Å². The fourth-order valence-corrected chi connectivity index (χ4v) is 1.86. The predicted octanol–water partition coefficient (Wildman–Crippen LogP) is 2.01. The van der Waals surface area contributed by atoms with E-state index < -0.39 is 0 Å². The van der Waals surface area contributed by atoms with Gasteiger partial charge in [-0.2, -0.15) is 0 Å². The minimum Gasteiger partial charge on any atom is -0.383 e. The molecule has 0 aromatic carbocycles. The number of ether oxygens (including phenoxy) is 1. The average Bonchev–Trinajstić information content (AvgIpc) is 2.24. The summed E-state index contributed by atoms with van der Waals surface area (Å²) < 4.78 is 6.15. The standard InChI is InChI=1S/C11H17BrN2O/c1-13-11(8-15-2)4-3-9-5-10(12)7-14-6-9/h5-7,11,13H,3-4,8H2,1-2H3. The summed E-state index contributed by atoms with van der Waals surface area (Å²) in [5.41, 5.74) is 1.25. The predicted molar refractivity (Wildman–Crippen MR) is 65.0 cm³/mol. The highest BCUT2D eigenvalue weighted by Crippen LogP contribution is 2.11. The van der Waals surface area contributed by atoms with Crippen molar-refractivity contribution in [2.75, 3.05) is 20.8 Å². The van der Waals surface area contributed by atoms with Crippen molar-refractivity contribution in [1.29, 1.82) is 0 Å². The Bertz CT molecular complexity index is 294. The van der Waals surface area contributed by atoms with Gasteiger partial charge in [-0.1, -0.05) is 0 Å². The maximum absolute atomic E-state index is 5.12. The summed E-state index contributed by atoms with van der Waals surface area (Å²) in [5.74, 6) is 0.